The lowest BCUT2D eigenvalue weighted by atomic mass is 10.9. The van der Waals surface area contributed by atoms with Crippen LogP contribution in [0.15, 0.2) is 4.99 Å². The van der Waals surface area contributed by atoms with Crippen LogP contribution in [-0.2, 0) is 4.74 Å². The van der Waals surface area contributed by atoms with Crippen molar-refractivity contribution >= 4 is 18.4 Å². The van der Waals surface area contributed by atoms with Crippen LogP contribution in [0.5, 0.6) is 0 Å². The molecule has 0 spiro atoms. The third-order valence-electron chi connectivity index (χ3n) is 0.619. The number of hydrogen-bond donors (Lipinski definition) is 1. The Morgan fingerprint density at radius 2 is 2.20 bits per heavy atom. The van der Waals surface area contributed by atoms with Gasteiger partial charge in [0.05, 0.1) is 0 Å². The lowest BCUT2D eigenvalue weighted by Crippen LogP contribution is -2.21. The first-order valence-corrected chi connectivity index (χ1v) is 2.63. The third kappa shape index (κ3) is 3.59. The summed E-state index contributed by atoms with van der Waals surface area (Å²) in [6.07, 6.45) is -0.483. The minimum atomic E-state index is -0.915. The second-order valence-electron chi connectivity index (χ2n) is 1.29. The molecule has 0 heterocycles. The number of nitrogens with one attached hydrogen (secondary N) is 1. The van der Waals surface area contributed by atoms with Crippen LogP contribution in [0.1, 0.15) is 6.92 Å². The highest BCUT2D eigenvalue weighted by Crippen LogP contribution is 1.82. The van der Waals surface area contributed by atoms with Gasteiger partial charge in [0.1, 0.15) is 0 Å². The molecule has 0 fully saturated rings. The van der Waals surface area contributed by atoms with Crippen molar-refractivity contribution in [3.63, 3.8) is 0 Å². The van der Waals surface area contributed by atoms with E-state index in [9.17, 15) is 9.59 Å². The summed E-state index contributed by atoms with van der Waals surface area (Å²) in [4.78, 5) is 23.8. The van der Waals surface area contributed by atoms with Crippen LogP contribution in [0.3, 0.4) is 0 Å². The first-order valence-electron chi connectivity index (χ1n) is 2.63. The van der Waals surface area contributed by atoms with E-state index < -0.39 is 12.2 Å². The summed E-state index contributed by atoms with van der Waals surface area (Å²) in [5.41, 5.74) is 0. The lowest BCUT2D eigenvalue weighted by molar-refractivity contribution is 0.159. The maximum Gasteiger partial charge on any atom is 0.442 e. The van der Waals surface area contributed by atoms with Crippen molar-refractivity contribution in [1.29, 1.82) is 0 Å². The average molecular weight is 144 g/mol. The number of aliphatic imine (C=N–C) groups is 1. The van der Waals surface area contributed by atoms with E-state index in [-0.39, 0.29) is 0 Å². The fourth-order valence-corrected chi connectivity index (χ4v) is 0.262. The van der Waals surface area contributed by atoms with Gasteiger partial charge in [-0.05, 0) is 6.92 Å². The van der Waals surface area contributed by atoms with Gasteiger partial charge in [0, 0.05) is 13.3 Å². The molecule has 0 atom stereocenters. The molecule has 5 nitrogen and oxygen atoms in total. The number of alkyl carbamates (subject to hydrolysis) is 1. The first kappa shape index (κ1) is 8.61. The van der Waals surface area contributed by atoms with Crippen molar-refractivity contribution in [2.45, 2.75) is 6.92 Å². The molecule has 0 aliphatic carbocycles. The summed E-state index contributed by atoms with van der Waals surface area (Å²) in [6.45, 7) is 1.55. The molecular formula is C5H8N2O3. The fraction of sp³-hybridized carbons (Fsp3) is 0.400. The van der Waals surface area contributed by atoms with Gasteiger partial charge in [0.25, 0.3) is 0 Å². The molecule has 0 saturated carbocycles. The van der Waals surface area contributed by atoms with E-state index in [0.29, 0.717) is 0 Å². The van der Waals surface area contributed by atoms with E-state index >= 15 is 0 Å². The number of carbonyl (C=O) groups excluding carboxylic acids is 2. The summed E-state index contributed by atoms with van der Waals surface area (Å²) < 4.78 is 4.05. The molecule has 0 saturated heterocycles. The van der Waals surface area contributed by atoms with Gasteiger partial charge in [-0.25, -0.2) is 9.59 Å². The second kappa shape index (κ2) is 4.49. The Morgan fingerprint density at radius 1 is 1.60 bits per heavy atom. The molecule has 0 bridgehead atoms. The normalized spacial score (nSPS) is 9.40. The van der Waals surface area contributed by atoms with Crippen LogP contribution >= 0.6 is 0 Å². The molecule has 1 N–H and O–H groups in total. The fourth-order valence-electron chi connectivity index (χ4n) is 0.262. The average Bonchev–Trinajstić information content (AvgIpc) is 1.88. The molecule has 2 amide bonds. The molecule has 10 heavy (non-hydrogen) atoms. The highest BCUT2D eigenvalue weighted by Gasteiger charge is 2.03. The van der Waals surface area contributed by atoms with Gasteiger partial charge in [0.2, 0.25) is 0 Å². The van der Waals surface area contributed by atoms with Crippen molar-refractivity contribution in [1.82, 2.24) is 5.32 Å². The highest BCUT2D eigenvalue weighted by molar-refractivity contribution is 5.87. The van der Waals surface area contributed by atoms with Gasteiger partial charge in [-0.3, -0.25) is 0 Å². The zero-order valence-corrected chi connectivity index (χ0v) is 5.75. The van der Waals surface area contributed by atoms with Crippen LogP contribution in [0, 0.1) is 0 Å². The van der Waals surface area contributed by atoms with Gasteiger partial charge >= 0.3 is 12.2 Å². The van der Waals surface area contributed by atoms with Crippen molar-refractivity contribution in [3.05, 3.63) is 0 Å². The molecule has 0 radical (unpaired) electrons. The van der Waals surface area contributed by atoms with Gasteiger partial charge in [-0.15, -0.1) is 0 Å². The van der Waals surface area contributed by atoms with Gasteiger partial charge < -0.3 is 10.1 Å². The number of amides is 2. The Labute approximate surface area is 58.1 Å². The molecule has 5 heteroatoms. The quantitative estimate of drug-likeness (QED) is 0.398. The largest absolute Gasteiger partial charge is 0.442 e. The molecule has 0 aliphatic rings. The topological polar surface area (TPSA) is 67.8 Å². The molecular weight excluding hydrogens is 136 g/mol. The lowest BCUT2D eigenvalue weighted by Gasteiger charge is -1.94. The van der Waals surface area contributed by atoms with E-state index in [1.54, 1.807) is 6.92 Å². The third-order valence-corrected chi connectivity index (χ3v) is 0.619. The number of rotatable bonds is 0. The molecule has 0 rings (SSSR count). The van der Waals surface area contributed by atoms with E-state index in [2.05, 4.69) is 15.0 Å². The number of ether oxygens (including phenoxy) is 1. The maximum absolute atomic E-state index is 10.3. The summed E-state index contributed by atoms with van der Waals surface area (Å²) in [7, 11) is 1.35. The smallest absolute Gasteiger partial charge is 0.358 e. The maximum atomic E-state index is 10.3. The Bertz CT molecular complexity index is 164. The van der Waals surface area contributed by atoms with Crippen molar-refractivity contribution in [3.8, 4) is 0 Å². The van der Waals surface area contributed by atoms with Gasteiger partial charge in [-0.1, -0.05) is 0 Å². The minimum Gasteiger partial charge on any atom is -0.358 e. The molecule has 0 aliphatic heterocycles. The highest BCUT2D eigenvalue weighted by atomic mass is 16.6. The molecule has 0 aromatic carbocycles. The van der Waals surface area contributed by atoms with E-state index in [1.165, 1.54) is 13.3 Å². The van der Waals surface area contributed by atoms with Gasteiger partial charge in [0.15, 0.2) is 0 Å². The Balaban J connectivity index is 3.68. The number of hydrogen-bond acceptors (Lipinski definition) is 3. The SMILES string of the molecule is CC=NC(=O)OC(=O)NC. The summed E-state index contributed by atoms with van der Waals surface area (Å²) in [5, 5.41) is 2.10. The predicted octanol–water partition coefficient (Wildman–Crippen LogP) is 0.553. The van der Waals surface area contributed by atoms with Crippen LogP contribution in [0.2, 0.25) is 0 Å². The van der Waals surface area contributed by atoms with Crippen LogP contribution < -0.4 is 5.32 Å². The molecule has 0 aromatic heterocycles. The molecule has 0 unspecified atom stereocenters. The van der Waals surface area contributed by atoms with Crippen LogP contribution in [0.25, 0.3) is 0 Å². The second-order valence-corrected chi connectivity index (χ2v) is 1.29. The summed E-state index contributed by atoms with van der Waals surface area (Å²) in [5.74, 6) is 0. The van der Waals surface area contributed by atoms with E-state index in [1.807, 2.05) is 0 Å². The van der Waals surface area contributed by atoms with E-state index in [0.717, 1.165) is 0 Å². The Kier molecular flexibility index (Phi) is 3.86. The predicted molar refractivity (Wildman–Crippen MR) is 35.1 cm³/mol. The summed E-state index contributed by atoms with van der Waals surface area (Å²) in [6, 6.07) is 0. The molecule has 0 aromatic rings. The zero-order chi connectivity index (χ0) is 7.98. The van der Waals surface area contributed by atoms with Crippen molar-refractivity contribution in [2.24, 2.45) is 4.99 Å². The number of carbonyl (C=O) groups is 2. The summed E-state index contributed by atoms with van der Waals surface area (Å²) >= 11 is 0. The monoisotopic (exact) mass is 144 g/mol. The van der Waals surface area contributed by atoms with Gasteiger partial charge in [-0.2, -0.15) is 4.99 Å². The van der Waals surface area contributed by atoms with Crippen LogP contribution in [0.4, 0.5) is 9.59 Å². The Morgan fingerprint density at radius 3 is 2.60 bits per heavy atom. The van der Waals surface area contributed by atoms with Crippen molar-refractivity contribution in [2.75, 3.05) is 7.05 Å². The standard InChI is InChI=1S/C5H8N2O3/c1-3-7-5(9)10-4(8)6-2/h3H,1-2H3,(H,6,8). The zero-order valence-electron chi connectivity index (χ0n) is 5.75. The first-order chi connectivity index (χ1) is 4.70. The van der Waals surface area contributed by atoms with E-state index in [4.69, 9.17) is 0 Å². The van der Waals surface area contributed by atoms with Crippen LogP contribution in [-0.4, -0.2) is 25.4 Å². The van der Waals surface area contributed by atoms with Crippen molar-refractivity contribution < 1.29 is 14.3 Å². The molecule has 56 valence electrons. The minimum absolute atomic E-state index is 0.810. The Hall–Kier alpha value is -1.39. The number of nitrogens with zero attached hydrogens (tertiary/aromatic N) is 1.